The summed E-state index contributed by atoms with van der Waals surface area (Å²) >= 11 is 3.43. The molecule has 0 radical (unpaired) electrons. The summed E-state index contributed by atoms with van der Waals surface area (Å²) in [5.74, 6) is -0.163. The zero-order valence-corrected chi connectivity index (χ0v) is 16.1. The van der Waals surface area contributed by atoms with Gasteiger partial charge in [0.05, 0.1) is 0 Å². The van der Waals surface area contributed by atoms with E-state index in [9.17, 15) is 9.59 Å². The first kappa shape index (κ1) is 18.2. The normalized spacial score (nSPS) is 10.7. The molecule has 0 bridgehead atoms. The quantitative estimate of drug-likeness (QED) is 0.623. The molecule has 134 valence electrons. The molecule has 0 saturated carbocycles. The summed E-state index contributed by atoms with van der Waals surface area (Å²) in [6.45, 7) is 4.49. The van der Waals surface area contributed by atoms with E-state index < -0.39 is 0 Å². The van der Waals surface area contributed by atoms with Crippen LogP contribution in [0.25, 0.3) is 11.0 Å². The van der Waals surface area contributed by atoms with Crippen LogP contribution in [0, 0.1) is 6.92 Å². The van der Waals surface area contributed by atoms with Crippen molar-refractivity contribution in [1.82, 2.24) is 5.32 Å². The lowest BCUT2D eigenvalue weighted by molar-refractivity contribution is 0.0952. The molecule has 3 aromatic rings. The van der Waals surface area contributed by atoms with E-state index in [0.717, 1.165) is 21.8 Å². The van der Waals surface area contributed by atoms with Crippen LogP contribution in [0.3, 0.4) is 0 Å². The van der Waals surface area contributed by atoms with Gasteiger partial charge in [0.25, 0.3) is 11.8 Å². The van der Waals surface area contributed by atoms with Gasteiger partial charge in [0, 0.05) is 33.2 Å². The Bertz CT molecular complexity index is 961. The van der Waals surface area contributed by atoms with Gasteiger partial charge in [-0.3, -0.25) is 9.59 Å². The third kappa shape index (κ3) is 3.80. The Hall–Kier alpha value is -2.60. The second kappa shape index (κ2) is 7.74. The van der Waals surface area contributed by atoms with Crippen LogP contribution >= 0.6 is 15.9 Å². The third-order valence-corrected chi connectivity index (χ3v) is 4.54. The Labute approximate surface area is 159 Å². The molecule has 0 spiro atoms. The molecule has 3 rings (SSSR count). The van der Waals surface area contributed by atoms with Crippen molar-refractivity contribution < 1.29 is 14.0 Å². The summed E-state index contributed by atoms with van der Waals surface area (Å²) in [6.07, 6.45) is 0.882. The van der Waals surface area contributed by atoms with E-state index in [0.29, 0.717) is 23.4 Å². The first-order valence-electron chi connectivity index (χ1n) is 8.38. The number of rotatable bonds is 5. The number of furan rings is 1. The molecular weight excluding hydrogens is 396 g/mol. The van der Waals surface area contributed by atoms with Crippen LogP contribution < -0.4 is 10.6 Å². The molecule has 2 N–H and O–H groups in total. The lowest BCUT2D eigenvalue weighted by Gasteiger charge is -2.06. The molecule has 5 nitrogen and oxygen atoms in total. The topological polar surface area (TPSA) is 71.3 Å². The Morgan fingerprint density at radius 2 is 1.81 bits per heavy atom. The van der Waals surface area contributed by atoms with Crippen LogP contribution in [0.1, 0.15) is 39.8 Å². The molecular formula is C20H19BrN2O3. The van der Waals surface area contributed by atoms with Gasteiger partial charge >= 0.3 is 0 Å². The van der Waals surface area contributed by atoms with Gasteiger partial charge in [-0.1, -0.05) is 22.9 Å². The van der Waals surface area contributed by atoms with Crippen LogP contribution in [0.15, 0.2) is 51.4 Å². The van der Waals surface area contributed by atoms with Gasteiger partial charge < -0.3 is 15.1 Å². The third-order valence-electron chi connectivity index (χ3n) is 4.04. The second-order valence-corrected chi connectivity index (χ2v) is 6.90. The number of hydrogen-bond acceptors (Lipinski definition) is 3. The monoisotopic (exact) mass is 414 g/mol. The maximum atomic E-state index is 12.6. The van der Waals surface area contributed by atoms with Crippen molar-refractivity contribution in [3.8, 4) is 0 Å². The van der Waals surface area contributed by atoms with E-state index in [1.165, 1.54) is 0 Å². The lowest BCUT2D eigenvalue weighted by atomic mass is 10.1. The highest BCUT2D eigenvalue weighted by Crippen LogP contribution is 2.28. The number of nitrogens with one attached hydrogen (secondary N) is 2. The SMILES string of the molecule is CCCNC(=O)c1ccc(NC(=O)c2oc3ccc(Br)cc3c2C)cc1. The Morgan fingerprint density at radius 3 is 2.50 bits per heavy atom. The van der Waals surface area contributed by atoms with Gasteiger partial charge in [0.2, 0.25) is 0 Å². The minimum absolute atomic E-state index is 0.122. The number of carbonyl (C=O) groups is 2. The number of halogens is 1. The van der Waals surface area contributed by atoms with Gasteiger partial charge in [-0.25, -0.2) is 0 Å². The second-order valence-electron chi connectivity index (χ2n) is 5.98. The van der Waals surface area contributed by atoms with E-state index in [2.05, 4.69) is 26.6 Å². The van der Waals surface area contributed by atoms with E-state index >= 15 is 0 Å². The minimum Gasteiger partial charge on any atom is -0.451 e. The number of hydrogen-bond donors (Lipinski definition) is 2. The zero-order valence-electron chi connectivity index (χ0n) is 14.6. The van der Waals surface area contributed by atoms with Gasteiger partial charge in [-0.05, 0) is 55.8 Å². The highest BCUT2D eigenvalue weighted by molar-refractivity contribution is 9.10. The van der Waals surface area contributed by atoms with Crippen molar-refractivity contribution in [1.29, 1.82) is 0 Å². The summed E-state index contributed by atoms with van der Waals surface area (Å²) in [6, 6.07) is 12.4. The Morgan fingerprint density at radius 1 is 1.08 bits per heavy atom. The predicted octanol–water partition coefficient (Wildman–Crippen LogP) is 4.90. The molecule has 0 fully saturated rings. The fraction of sp³-hybridized carbons (Fsp3) is 0.200. The van der Waals surface area contributed by atoms with Crippen molar-refractivity contribution in [3.05, 3.63) is 63.8 Å². The van der Waals surface area contributed by atoms with Crippen molar-refractivity contribution in [2.45, 2.75) is 20.3 Å². The molecule has 6 heteroatoms. The first-order valence-corrected chi connectivity index (χ1v) is 9.17. The fourth-order valence-electron chi connectivity index (χ4n) is 2.64. The average molecular weight is 415 g/mol. The van der Waals surface area contributed by atoms with Gasteiger partial charge in [-0.15, -0.1) is 0 Å². The number of aryl methyl sites for hydroxylation is 1. The summed E-state index contributed by atoms with van der Waals surface area (Å²) in [4.78, 5) is 24.5. The average Bonchev–Trinajstić information content (AvgIpc) is 2.96. The highest BCUT2D eigenvalue weighted by atomic mass is 79.9. The van der Waals surface area contributed by atoms with Crippen LogP contribution in [-0.4, -0.2) is 18.4 Å². The summed E-state index contributed by atoms with van der Waals surface area (Å²) in [5.41, 5.74) is 2.61. The summed E-state index contributed by atoms with van der Waals surface area (Å²) in [5, 5.41) is 6.52. The van der Waals surface area contributed by atoms with E-state index in [1.54, 1.807) is 24.3 Å². The van der Waals surface area contributed by atoms with Gasteiger partial charge in [0.1, 0.15) is 5.58 Å². The van der Waals surface area contributed by atoms with Crippen LogP contribution in [0.4, 0.5) is 5.69 Å². The van der Waals surface area contributed by atoms with E-state index in [4.69, 9.17) is 4.42 Å². The molecule has 0 unspecified atom stereocenters. The molecule has 0 aliphatic rings. The molecule has 0 aliphatic carbocycles. The molecule has 0 atom stereocenters. The van der Waals surface area contributed by atoms with E-state index in [-0.39, 0.29) is 17.6 Å². The number of fused-ring (bicyclic) bond motifs is 1. The number of amides is 2. The van der Waals surface area contributed by atoms with Crippen LogP contribution in [0.5, 0.6) is 0 Å². The van der Waals surface area contributed by atoms with Crippen molar-refractivity contribution in [2.75, 3.05) is 11.9 Å². The van der Waals surface area contributed by atoms with E-state index in [1.807, 2.05) is 32.0 Å². The summed E-state index contributed by atoms with van der Waals surface area (Å²) < 4.78 is 6.63. The molecule has 0 saturated heterocycles. The number of benzene rings is 2. The maximum absolute atomic E-state index is 12.6. The Balaban J connectivity index is 1.76. The zero-order chi connectivity index (χ0) is 18.7. The van der Waals surface area contributed by atoms with Gasteiger partial charge in [0.15, 0.2) is 5.76 Å². The van der Waals surface area contributed by atoms with Crippen LogP contribution in [-0.2, 0) is 0 Å². The maximum Gasteiger partial charge on any atom is 0.291 e. The smallest absolute Gasteiger partial charge is 0.291 e. The number of carbonyl (C=O) groups excluding carboxylic acids is 2. The highest BCUT2D eigenvalue weighted by Gasteiger charge is 2.18. The molecule has 1 heterocycles. The largest absolute Gasteiger partial charge is 0.451 e. The van der Waals surface area contributed by atoms with Gasteiger partial charge in [-0.2, -0.15) is 0 Å². The summed E-state index contributed by atoms with van der Waals surface area (Å²) in [7, 11) is 0. The molecule has 26 heavy (non-hydrogen) atoms. The standard InChI is InChI=1S/C20H19BrN2O3/c1-3-10-22-19(24)13-4-7-15(8-5-13)23-20(25)18-12(2)16-11-14(21)6-9-17(16)26-18/h4-9,11H,3,10H2,1-2H3,(H,22,24)(H,23,25). The number of anilines is 1. The molecule has 2 amide bonds. The lowest BCUT2D eigenvalue weighted by Crippen LogP contribution is -2.23. The minimum atomic E-state index is -0.321. The molecule has 2 aromatic carbocycles. The van der Waals surface area contributed by atoms with Crippen molar-refractivity contribution in [2.24, 2.45) is 0 Å². The van der Waals surface area contributed by atoms with Crippen LogP contribution in [0.2, 0.25) is 0 Å². The molecule has 1 aromatic heterocycles. The fourth-order valence-corrected chi connectivity index (χ4v) is 3.00. The predicted molar refractivity (Wildman–Crippen MR) is 106 cm³/mol. The molecule has 0 aliphatic heterocycles. The van der Waals surface area contributed by atoms with Crippen molar-refractivity contribution >= 4 is 44.4 Å². The first-order chi connectivity index (χ1) is 12.5. The van der Waals surface area contributed by atoms with Crippen molar-refractivity contribution in [3.63, 3.8) is 0 Å². The Kier molecular flexibility index (Phi) is 5.42.